The number of rotatable bonds is 16. The van der Waals surface area contributed by atoms with E-state index in [0.717, 1.165) is 60.0 Å². The number of aromatic nitrogens is 1. The number of carboxylic acid groups (broad SMARTS) is 1. The van der Waals surface area contributed by atoms with E-state index in [4.69, 9.17) is 9.83 Å². The van der Waals surface area contributed by atoms with Gasteiger partial charge in [-0.15, -0.1) is 4.65 Å². The van der Waals surface area contributed by atoms with Gasteiger partial charge in [0.2, 0.25) is 33.3 Å². The van der Waals surface area contributed by atoms with E-state index in [1.807, 2.05) is 39.0 Å². The van der Waals surface area contributed by atoms with Crippen LogP contribution in [0.15, 0.2) is 35.5 Å². The number of carbonyl (C=O) groups is 1. The molecular formula is C29H46N5O6S+. The summed E-state index contributed by atoms with van der Waals surface area (Å²) in [6.45, 7) is 9.63. The normalized spacial score (nSPS) is 17.0. The zero-order valence-corrected chi connectivity index (χ0v) is 25.9. The highest BCUT2D eigenvalue weighted by atomic mass is 32.2. The number of unbranched alkanes of at least 4 members (excludes halogenated alkanes) is 4. The molecule has 0 radical (unpaired) electrons. The van der Waals surface area contributed by atoms with Gasteiger partial charge in [-0.2, -0.15) is 14.6 Å². The smallest absolute Gasteiger partial charge is 0.407 e. The highest BCUT2D eigenvalue weighted by molar-refractivity contribution is 7.88. The molecule has 228 valence electrons. The van der Waals surface area contributed by atoms with Crippen molar-refractivity contribution in [1.82, 2.24) is 14.3 Å². The summed E-state index contributed by atoms with van der Waals surface area (Å²) in [4.78, 5) is 24.7. The minimum atomic E-state index is -3.27. The standard InChI is InChI=1S/C29H45N5O6S/c1-6-15-26-31-24-22-33(37)25-17-10-9-16-23(25)27(24)34(26,20-13-11-18-30-41(5,38)39)40-21-14-8-7-12-19-32(28(35)36)29(2,3)4/h9-10,16-17,22,30H,6-8,11-15,18-21H2,1-5H3/p+1. The molecule has 1 aromatic heterocycles. The number of pyridine rings is 1. The predicted octanol–water partition coefficient (Wildman–Crippen LogP) is 5.22. The van der Waals surface area contributed by atoms with Crippen molar-refractivity contribution < 1.29 is 27.9 Å². The molecule has 0 aliphatic carbocycles. The molecule has 1 aromatic carbocycles. The molecule has 1 unspecified atom stereocenters. The maximum Gasteiger partial charge on any atom is 0.407 e. The van der Waals surface area contributed by atoms with Crippen LogP contribution in [0.25, 0.3) is 10.9 Å². The van der Waals surface area contributed by atoms with Gasteiger partial charge in [0.25, 0.3) is 0 Å². The summed E-state index contributed by atoms with van der Waals surface area (Å²) in [5.41, 5.74) is 1.57. The molecule has 1 aliphatic rings. The Kier molecular flexibility index (Phi) is 11.1. The van der Waals surface area contributed by atoms with Crippen molar-refractivity contribution in [2.24, 2.45) is 4.99 Å². The van der Waals surface area contributed by atoms with Gasteiger partial charge >= 0.3 is 6.09 Å². The number of sulfonamides is 1. The summed E-state index contributed by atoms with van der Waals surface area (Å²) in [7, 11) is -3.27. The number of hydrogen-bond acceptors (Lipinski definition) is 6. The Balaban J connectivity index is 1.78. The maximum absolute atomic E-state index is 12.8. The van der Waals surface area contributed by atoms with Gasteiger partial charge in [-0.05, 0) is 52.5 Å². The summed E-state index contributed by atoms with van der Waals surface area (Å²) in [5, 5.41) is 23.1. The van der Waals surface area contributed by atoms with Crippen LogP contribution < -0.4 is 14.1 Å². The third-order valence-electron chi connectivity index (χ3n) is 7.27. The summed E-state index contributed by atoms with van der Waals surface area (Å²) in [5.74, 6) is 0.845. The van der Waals surface area contributed by atoms with Crippen molar-refractivity contribution in [3.05, 3.63) is 35.7 Å². The third-order valence-corrected chi connectivity index (χ3v) is 8.00. The van der Waals surface area contributed by atoms with E-state index in [9.17, 15) is 23.5 Å². The van der Waals surface area contributed by atoms with E-state index < -0.39 is 21.7 Å². The molecule has 0 spiro atoms. The van der Waals surface area contributed by atoms with Crippen LogP contribution in [0.2, 0.25) is 0 Å². The molecule has 2 heterocycles. The van der Waals surface area contributed by atoms with E-state index in [-0.39, 0.29) is 4.65 Å². The Bertz CT molecular complexity index is 1340. The third kappa shape index (κ3) is 8.37. The molecule has 1 aliphatic heterocycles. The van der Waals surface area contributed by atoms with Crippen LogP contribution in [0.4, 0.5) is 16.2 Å². The lowest BCUT2D eigenvalue weighted by molar-refractivity contribution is -0.576. The number of fused-ring (bicyclic) bond motifs is 3. The molecule has 0 saturated heterocycles. The fourth-order valence-corrected chi connectivity index (χ4v) is 5.86. The van der Waals surface area contributed by atoms with Crippen LogP contribution >= 0.6 is 0 Å². The Labute approximate surface area is 244 Å². The van der Waals surface area contributed by atoms with Crippen molar-refractivity contribution in [2.75, 3.05) is 32.5 Å². The molecule has 1 atom stereocenters. The second-order valence-corrected chi connectivity index (χ2v) is 13.5. The molecule has 41 heavy (non-hydrogen) atoms. The number of quaternary nitrogens is 1. The molecule has 0 saturated carbocycles. The number of aliphatic imine (C=N–C) groups is 1. The van der Waals surface area contributed by atoms with Crippen molar-refractivity contribution >= 4 is 44.2 Å². The van der Waals surface area contributed by atoms with E-state index >= 15 is 0 Å². The van der Waals surface area contributed by atoms with Crippen LogP contribution in [0.3, 0.4) is 0 Å². The Morgan fingerprint density at radius 1 is 1.15 bits per heavy atom. The SMILES string of the molecule is CCCC1=Nc2c[n+]([O-])c3ccccc3c2[N+]1(CCCCNS(C)(=O)=O)OCCCCCCN(C(=O)O)C(C)(C)C. The number of para-hydroxylation sites is 1. The predicted molar refractivity (Wildman–Crippen MR) is 163 cm³/mol. The van der Waals surface area contributed by atoms with E-state index in [2.05, 4.69) is 11.6 Å². The summed E-state index contributed by atoms with van der Waals surface area (Å²) < 4.78 is 26.6. The maximum atomic E-state index is 12.8. The fraction of sp³-hybridized carbons (Fsp3) is 0.621. The topological polar surface area (TPSA) is 135 Å². The summed E-state index contributed by atoms with van der Waals surface area (Å²) >= 11 is 0. The molecule has 2 N–H and O–H groups in total. The monoisotopic (exact) mass is 592 g/mol. The summed E-state index contributed by atoms with van der Waals surface area (Å²) in [6.07, 6.45) is 7.97. The highest BCUT2D eigenvalue weighted by Gasteiger charge is 2.48. The van der Waals surface area contributed by atoms with Gasteiger partial charge in [-0.3, -0.25) is 0 Å². The number of nitrogens with zero attached hydrogens (tertiary/aromatic N) is 4. The van der Waals surface area contributed by atoms with E-state index in [0.29, 0.717) is 56.7 Å². The van der Waals surface area contributed by atoms with Gasteiger partial charge in [0, 0.05) is 37.5 Å². The van der Waals surface area contributed by atoms with Gasteiger partial charge in [0.05, 0.1) is 6.26 Å². The van der Waals surface area contributed by atoms with Crippen molar-refractivity contribution in [3.8, 4) is 0 Å². The number of amides is 1. The molecule has 3 rings (SSSR count). The largest absolute Gasteiger partial charge is 0.618 e. The molecule has 11 nitrogen and oxygen atoms in total. The van der Waals surface area contributed by atoms with Crippen LogP contribution in [-0.4, -0.2) is 68.4 Å². The highest BCUT2D eigenvalue weighted by Crippen LogP contribution is 2.46. The minimum Gasteiger partial charge on any atom is -0.618 e. The van der Waals surface area contributed by atoms with Gasteiger partial charge in [-0.1, -0.05) is 31.9 Å². The van der Waals surface area contributed by atoms with Crippen LogP contribution in [-0.2, 0) is 14.9 Å². The lowest BCUT2D eigenvalue weighted by Gasteiger charge is -2.33. The molecule has 0 bridgehead atoms. The number of amidine groups is 1. The first-order valence-corrected chi connectivity index (χ1v) is 16.4. The van der Waals surface area contributed by atoms with Crippen LogP contribution in [0.5, 0.6) is 0 Å². The first-order valence-electron chi connectivity index (χ1n) is 14.5. The fourth-order valence-electron chi connectivity index (χ4n) is 5.34. The second kappa shape index (κ2) is 13.9. The molecule has 12 heteroatoms. The quantitative estimate of drug-likeness (QED) is 0.119. The summed E-state index contributed by atoms with van der Waals surface area (Å²) in [6, 6.07) is 7.47. The molecule has 0 fully saturated rings. The first kappa shape index (κ1) is 32.7. The number of hydrogen-bond donors (Lipinski definition) is 2. The van der Waals surface area contributed by atoms with Crippen LogP contribution in [0, 0.1) is 5.21 Å². The molecule has 2 aromatic rings. The van der Waals surface area contributed by atoms with Crippen molar-refractivity contribution in [1.29, 1.82) is 0 Å². The lowest BCUT2D eigenvalue weighted by Crippen LogP contribution is -2.53. The number of nitrogens with one attached hydrogen (secondary N) is 1. The van der Waals surface area contributed by atoms with Gasteiger partial charge in [0.15, 0.2) is 5.69 Å². The van der Waals surface area contributed by atoms with Crippen molar-refractivity contribution in [3.63, 3.8) is 0 Å². The van der Waals surface area contributed by atoms with E-state index in [1.54, 1.807) is 6.07 Å². The van der Waals surface area contributed by atoms with Crippen molar-refractivity contribution in [2.45, 2.75) is 84.6 Å². The average molecular weight is 593 g/mol. The Morgan fingerprint density at radius 3 is 2.51 bits per heavy atom. The van der Waals surface area contributed by atoms with Gasteiger partial charge in [0.1, 0.15) is 18.5 Å². The Morgan fingerprint density at radius 2 is 1.85 bits per heavy atom. The zero-order valence-electron chi connectivity index (χ0n) is 25.1. The second-order valence-electron chi connectivity index (χ2n) is 11.7. The minimum absolute atomic E-state index is 0.0974. The van der Waals surface area contributed by atoms with Gasteiger partial charge in [-0.25, -0.2) is 17.9 Å². The number of hydroxylamine groups is 2. The number of benzene rings is 1. The Hall–Kier alpha value is -2.80. The average Bonchev–Trinajstić information content (AvgIpc) is 3.16. The van der Waals surface area contributed by atoms with E-state index in [1.165, 1.54) is 11.1 Å². The zero-order chi connectivity index (χ0) is 30.3. The molecular weight excluding hydrogens is 546 g/mol. The molecule has 1 amide bonds. The van der Waals surface area contributed by atoms with Gasteiger partial charge < -0.3 is 15.2 Å². The lowest BCUT2D eigenvalue weighted by atomic mass is 10.1. The first-order chi connectivity index (χ1) is 19.3. The van der Waals surface area contributed by atoms with Crippen LogP contribution in [0.1, 0.15) is 79.1 Å².